The maximum Gasteiger partial charge on any atom is 0.247 e. The van der Waals surface area contributed by atoms with Crippen molar-refractivity contribution >= 4 is 40.5 Å². The highest BCUT2D eigenvalue weighted by Gasteiger charge is 2.10. The number of halogens is 3. The van der Waals surface area contributed by atoms with E-state index in [4.69, 9.17) is 45.3 Å². The Labute approximate surface area is 112 Å². The number of hydrogen-bond donors (Lipinski definition) is 1. The van der Waals surface area contributed by atoms with E-state index >= 15 is 0 Å². The predicted molar refractivity (Wildman–Crippen MR) is 68.0 cm³/mol. The molecule has 0 unspecified atom stereocenters. The van der Waals surface area contributed by atoms with Gasteiger partial charge in [-0.1, -0.05) is 29.3 Å². The second-order valence-corrected chi connectivity index (χ2v) is 4.18. The molecule has 0 saturated heterocycles. The summed E-state index contributed by atoms with van der Waals surface area (Å²) in [5, 5.41) is 0.693. The Morgan fingerprint density at radius 2 is 1.94 bits per heavy atom. The standard InChI is InChI=1S/C10H6Cl3N3O/c11-5-2-1-3-7(8(5)12)17-9-6(14)4-15-10(13)16-9/h1-4H,14H2. The molecule has 0 atom stereocenters. The van der Waals surface area contributed by atoms with Crippen LogP contribution in [0.2, 0.25) is 15.3 Å². The van der Waals surface area contributed by atoms with Gasteiger partial charge in [0, 0.05) is 0 Å². The first-order valence-corrected chi connectivity index (χ1v) is 5.61. The molecule has 0 saturated carbocycles. The lowest BCUT2D eigenvalue weighted by molar-refractivity contribution is 0.464. The number of ether oxygens (including phenoxy) is 1. The van der Waals surface area contributed by atoms with Gasteiger partial charge < -0.3 is 10.5 Å². The highest BCUT2D eigenvalue weighted by molar-refractivity contribution is 6.42. The Balaban J connectivity index is 2.38. The maximum atomic E-state index is 5.96. The quantitative estimate of drug-likeness (QED) is 0.854. The summed E-state index contributed by atoms with van der Waals surface area (Å²) in [6.45, 7) is 0. The molecule has 1 aromatic carbocycles. The maximum absolute atomic E-state index is 5.96. The van der Waals surface area contributed by atoms with Crippen molar-refractivity contribution in [2.24, 2.45) is 0 Å². The monoisotopic (exact) mass is 289 g/mol. The smallest absolute Gasteiger partial charge is 0.247 e. The van der Waals surface area contributed by atoms with Crippen molar-refractivity contribution in [2.75, 3.05) is 5.73 Å². The molecule has 2 N–H and O–H groups in total. The van der Waals surface area contributed by atoms with E-state index in [0.717, 1.165) is 0 Å². The SMILES string of the molecule is Nc1cnc(Cl)nc1Oc1cccc(Cl)c1Cl. The molecule has 0 aliphatic heterocycles. The summed E-state index contributed by atoms with van der Waals surface area (Å²) >= 11 is 17.4. The Morgan fingerprint density at radius 3 is 2.71 bits per heavy atom. The molecule has 0 fully saturated rings. The van der Waals surface area contributed by atoms with E-state index in [1.165, 1.54) is 6.20 Å². The van der Waals surface area contributed by atoms with E-state index in [1.807, 2.05) is 0 Å². The van der Waals surface area contributed by atoms with Crippen molar-refractivity contribution in [2.45, 2.75) is 0 Å². The van der Waals surface area contributed by atoms with Crippen LogP contribution in [0.1, 0.15) is 0 Å². The lowest BCUT2D eigenvalue weighted by Crippen LogP contribution is -1.97. The molecule has 0 amide bonds. The summed E-state index contributed by atoms with van der Waals surface area (Å²) in [7, 11) is 0. The lowest BCUT2D eigenvalue weighted by atomic mass is 10.3. The largest absolute Gasteiger partial charge is 0.435 e. The van der Waals surface area contributed by atoms with Gasteiger partial charge in [0.05, 0.1) is 11.2 Å². The lowest BCUT2D eigenvalue weighted by Gasteiger charge is -2.09. The molecule has 1 heterocycles. The van der Waals surface area contributed by atoms with Crippen molar-refractivity contribution < 1.29 is 4.74 Å². The Morgan fingerprint density at radius 1 is 1.18 bits per heavy atom. The van der Waals surface area contributed by atoms with Gasteiger partial charge in [0.1, 0.15) is 16.5 Å². The van der Waals surface area contributed by atoms with Gasteiger partial charge in [0.2, 0.25) is 11.2 Å². The van der Waals surface area contributed by atoms with Gasteiger partial charge in [-0.2, -0.15) is 4.98 Å². The van der Waals surface area contributed by atoms with Crippen LogP contribution in [-0.2, 0) is 0 Å². The van der Waals surface area contributed by atoms with Crippen LogP contribution in [0.25, 0.3) is 0 Å². The minimum absolute atomic E-state index is 0.0346. The second kappa shape index (κ2) is 4.96. The summed E-state index contributed by atoms with van der Waals surface area (Å²) in [5.41, 5.74) is 5.90. The van der Waals surface area contributed by atoms with Crippen molar-refractivity contribution in [3.05, 3.63) is 39.7 Å². The van der Waals surface area contributed by atoms with Gasteiger partial charge in [-0.3, -0.25) is 0 Å². The Kier molecular flexibility index (Phi) is 3.57. The molecule has 88 valence electrons. The molecule has 0 aliphatic carbocycles. The van der Waals surface area contributed by atoms with E-state index in [1.54, 1.807) is 18.2 Å². The number of nitrogens with zero attached hydrogens (tertiary/aromatic N) is 2. The fourth-order valence-electron chi connectivity index (χ4n) is 1.10. The van der Waals surface area contributed by atoms with Crippen molar-refractivity contribution in [1.29, 1.82) is 0 Å². The number of benzene rings is 1. The van der Waals surface area contributed by atoms with Crippen molar-refractivity contribution in [1.82, 2.24) is 9.97 Å². The van der Waals surface area contributed by atoms with Gasteiger partial charge in [0.25, 0.3) is 0 Å². The first kappa shape index (κ1) is 12.2. The number of anilines is 1. The zero-order chi connectivity index (χ0) is 12.4. The fourth-order valence-corrected chi connectivity index (χ4v) is 1.56. The molecule has 1 aromatic heterocycles. The average Bonchev–Trinajstić information content (AvgIpc) is 2.30. The van der Waals surface area contributed by atoms with Gasteiger partial charge in [0.15, 0.2) is 0 Å². The third-order valence-electron chi connectivity index (χ3n) is 1.87. The predicted octanol–water partition coefficient (Wildman–Crippen LogP) is 3.81. The van der Waals surface area contributed by atoms with Crippen LogP contribution < -0.4 is 10.5 Å². The van der Waals surface area contributed by atoms with Crippen LogP contribution in [0, 0.1) is 0 Å². The van der Waals surface area contributed by atoms with Gasteiger partial charge in [-0.15, -0.1) is 0 Å². The minimum atomic E-state index is 0.0346. The van der Waals surface area contributed by atoms with Crippen LogP contribution >= 0.6 is 34.8 Å². The number of nitrogen functional groups attached to an aromatic ring is 1. The number of aromatic nitrogens is 2. The van der Waals surface area contributed by atoms with Crippen LogP contribution in [0.15, 0.2) is 24.4 Å². The summed E-state index contributed by atoms with van der Waals surface area (Å²) in [6.07, 6.45) is 1.35. The number of nitrogens with two attached hydrogens (primary N) is 1. The van der Waals surface area contributed by atoms with E-state index in [-0.39, 0.29) is 21.9 Å². The minimum Gasteiger partial charge on any atom is -0.435 e. The van der Waals surface area contributed by atoms with Crippen molar-refractivity contribution in [3.63, 3.8) is 0 Å². The average molecular weight is 291 g/mol. The third-order valence-corrected chi connectivity index (χ3v) is 2.86. The fraction of sp³-hybridized carbons (Fsp3) is 0. The summed E-state index contributed by atoms with van der Waals surface area (Å²) in [6, 6.07) is 4.99. The second-order valence-electron chi connectivity index (χ2n) is 3.05. The first-order valence-electron chi connectivity index (χ1n) is 4.48. The zero-order valence-corrected chi connectivity index (χ0v) is 10.6. The molecule has 0 bridgehead atoms. The Bertz CT molecular complexity index is 562. The summed E-state index contributed by atoms with van der Waals surface area (Å²) < 4.78 is 5.42. The zero-order valence-electron chi connectivity index (χ0n) is 8.32. The van der Waals surface area contributed by atoms with Crippen LogP contribution in [0.3, 0.4) is 0 Å². The van der Waals surface area contributed by atoms with E-state index in [2.05, 4.69) is 9.97 Å². The molecule has 2 aromatic rings. The Hall–Kier alpha value is -1.23. The molecule has 0 spiro atoms. The van der Waals surface area contributed by atoms with E-state index in [9.17, 15) is 0 Å². The molecule has 7 heteroatoms. The molecule has 0 radical (unpaired) electrons. The number of rotatable bonds is 2. The molecule has 2 rings (SSSR count). The molecular formula is C10H6Cl3N3O. The molecule has 4 nitrogen and oxygen atoms in total. The molecular weight excluding hydrogens is 284 g/mol. The highest BCUT2D eigenvalue weighted by atomic mass is 35.5. The molecule has 0 aliphatic rings. The summed E-state index contributed by atoms with van der Waals surface area (Å²) in [4.78, 5) is 7.56. The summed E-state index contributed by atoms with van der Waals surface area (Å²) in [5.74, 6) is 0.481. The normalized spacial score (nSPS) is 10.3. The van der Waals surface area contributed by atoms with Gasteiger partial charge in [-0.25, -0.2) is 4.98 Å². The van der Waals surface area contributed by atoms with Crippen LogP contribution in [0.4, 0.5) is 5.69 Å². The van der Waals surface area contributed by atoms with Crippen LogP contribution in [0.5, 0.6) is 11.6 Å². The van der Waals surface area contributed by atoms with Gasteiger partial charge >= 0.3 is 0 Å². The highest BCUT2D eigenvalue weighted by Crippen LogP contribution is 2.35. The van der Waals surface area contributed by atoms with Crippen molar-refractivity contribution in [3.8, 4) is 11.6 Å². The van der Waals surface area contributed by atoms with E-state index < -0.39 is 0 Å². The number of hydrogen-bond acceptors (Lipinski definition) is 4. The van der Waals surface area contributed by atoms with E-state index in [0.29, 0.717) is 10.8 Å². The third kappa shape index (κ3) is 2.72. The topological polar surface area (TPSA) is 61.0 Å². The van der Waals surface area contributed by atoms with Gasteiger partial charge in [-0.05, 0) is 23.7 Å². The molecule has 17 heavy (non-hydrogen) atoms. The van der Waals surface area contributed by atoms with Crippen LogP contribution in [-0.4, -0.2) is 9.97 Å². The first-order chi connectivity index (χ1) is 8.08.